The molecule has 2 N–H and O–H groups in total. The van der Waals surface area contributed by atoms with Crippen molar-refractivity contribution in [1.29, 1.82) is 0 Å². The molecule has 2 aromatic carbocycles. The molecule has 1 atom stereocenters. The van der Waals surface area contributed by atoms with Crippen molar-refractivity contribution in [3.05, 3.63) is 71.2 Å². The van der Waals surface area contributed by atoms with E-state index in [9.17, 15) is 15.0 Å². The number of hydrogen-bond donors (Lipinski definition) is 2. The molecule has 1 fully saturated rings. The number of benzene rings is 2. The first-order valence-corrected chi connectivity index (χ1v) is 8.06. The van der Waals surface area contributed by atoms with E-state index in [1.54, 1.807) is 0 Å². The molecule has 0 amide bonds. The molecule has 0 saturated heterocycles. The van der Waals surface area contributed by atoms with E-state index in [0.29, 0.717) is 5.56 Å². The Morgan fingerprint density at radius 1 is 0.958 bits per heavy atom. The maximum atomic E-state index is 11.7. The summed E-state index contributed by atoms with van der Waals surface area (Å²) in [6.45, 7) is 2.04. The molecule has 1 heterocycles. The van der Waals surface area contributed by atoms with Crippen LogP contribution in [0.4, 0.5) is 0 Å². The van der Waals surface area contributed by atoms with Gasteiger partial charge in [-0.25, -0.2) is 4.79 Å². The Labute approximate surface area is 140 Å². The van der Waals surface area contributed by atoms with Crippen LogP contribution in [0.3, 0.4) is 0 Å². The molecule has 4 nitrogen and oxygen atoms in total. The third kappa shape index (κ3) is 2.10. The predicted molar refractivity (Wildman–Crippen MR) is 89.4 cm³/mol. The van der Waals surface area contributed by atoms with Crippen molar-refractivity contribution < 1.29 is 19.7 Å². The first-order valence-electron chi connectivity index (χ1n) is 8.06. The molecular formula is C20H18O4. The van der Waals surface area contributed by atoms with Gasteiger partial charge in [-0.1, -0.05) is 54.1 Å². The molecule has 0 aromatic heterocycles. The molecule has 2 aromatic rings. The van der Waals surface area contributed by atoms with E-state index in [2.05, 4.69) is 24.3 Å². The maximum absolute atomic E-state index is 11.7. The van der Waals surface area contributed by atoms with Crippen LogP contribution in [0.5, 0.6) is 0 Å². The normalized spacial score (nSPS) is 23.5. The van der Waals surface area contributed by atoms with Crippen LogP contribution in [0.1, 0.15) is 24.0 Å². The van der Waals surface area contributed by atoms with Crippen LogP contribution in [-0.2, 0) is 15.1 Å². The van der Waals surface area contributed by atoms with Gasteiger partial charge >= 0.3 is 5.97 Å². The van der Waals surface area contributed by atoms with E-state index < -0.39 is 17.3 Å². The van der Waals surface area contributed by atoms with Gasteiger partial charge in [-0.05, 0) is 30.9 Å². The number of carbonyl (C=O) groups is 1. The second-order valence-electron chi connectivity index (χ2n) is 6.54. The van der Waals surface area contributed by atoms with Gasteiger partial charge in [-0.15, -0.1) is 0 Å². The summed E-state index contributed by atoms with van der Waals surface area (Å²) < 4.78 is 5.43. The van der Waals surface area contributed by atoms with Crippen LogP contribution in [0.2, 0.25) is 0 Å². The molecule has 0 spiro atoms. The molecule has 122 valence electrons. The number of esters is 1. The molecule has 24 heavy (non-hydrogen) atoms. The van der Waals surface area contributed by atoms with Crippen LogP contribution in [0, 0.1) is 12.8 Å². The third-order valence-electron chi connectivity index (χ3n) is 4.87. The lowest BCUT2D eigenvalue weighted by Gasteiger charge is -2.28. The molecular weight excluding hydrogens is 304 g/mol. The standard InChI is InChI=1S/C20H18O4/c1-12-2-4-13(5-3-12)14-6-8-15(9-7-14)20(16-10-11-16)18(22)17(21)19(23)24-20/h2-9,16,21-22H,10-11H2,1H3. The average Bonchev–Trinajstić information content (AvgIpc) is 3.41. The van der Waals surface area contributed by atoms with Gasteiger partial charge in [-0.2, -0.15) is 0 Å². The lowest BCUT2D eigenvalue weighted by atomic mass is 9.86. The highest BCUT2D eigenvalue weighted by atomic mass is 16.6. The van der Waals surface area contributed by atoms with Gasteiger partial charge in [0, 0.05) is 11.5 Å². The highest BCUT2D eigenvalue weighted by molar-refractivity contribution is 5.90. The topological polar surface area (TPSA) is 66.8 Å². The molecule has 0 radical (unpaired) electrons. The zero-order valence-corrected chi connectivity index (χ0v) is 13.3. The summed E-state index contributed by atoms with van der Waals surface area (Å²) in [6, 6.07) is 15.8. The minimum atomic E-state index is -1.23. The molecule has 1 aliphatic carbocycles. The number of cyclic esters (lactones) is 1. The number of aliphatic hydroxyl groups excluding tert-OH is 2. The molecule has 4 rings (SSSR count). The van der Waals surface area contributed by atoms with Gasteiger partial charge in [0.25, 0.3) is 0 Å². The summed E-state index contributed by atoms with van der Waals surface area (Å²) in [4.78, 5) is 11.7. The van der Waals surface area contributed by atoms with Crippen LogP contribution in [0.15, 0.2) is 60.0 Å². The van der Waals surface area contributed by atoms with Gasteiger partial charge in [-0.3, -0.25) is 0 Å². The van der Waals surface area contributed by atoms with Gasteiger partial charge in [0.2, 0.25) is 11.4 Å². The predicted octanol–water partition coefficient (Wildman–Crippen LogP) is 4.15. The average molecular weight is 322 g/mol. The Balaban J connectivity index is 1.74. The Morgan fingerprint density at radius 3 is 1.96 bits per heavy atom. The van der Waals surface area contributed by atoms with Crippen LogP contribution < -0.4 is 0 Å². The van der Waals surface area contributed by atoms with Crippen molar-refractivity contribution >= 4 is 5.97 Å². The summed E-state index contributed by atoms with van der Waals surface area (Å²) in [5.41, 5.74) is 2.80. The van der Waals surface area contributed by atoms with Crippen molar-refractivity contribution in [3.8, 4) is 11.1 Å². The molecule has 2 aliphatic rings. The van der Waals surface area contributed by atoms with E-state index in [0.717, 1.165) is 24.0 Å². The zero-order chi connectivity index (χ0) is 16.9. The monoisotopic (exact) mass is 322 g/mol. The van der Waals surface area contributed by atoms with Crippen LogP contribution in [-0.4, -0.2) is 16.2 Å². The smallest absolute Gasteiger partial charge is 0.378 e. The number of aryl methyl sites for hydroxylation is 1. The Bertz CT molecular complexity index is 829. The Kier molecular flexibility index (Phi) is 3.17. The van der Waals surface area contributed by atoms with Crippen molar-refractivity contribution in [2.24, 2.45) is 5.92 Å². The molecule has 1 unspecified atom stereocenters. The third-order valence-corrected chi connectivity index (χ3v) is 4.87. The van der Waals surface area contributed by atoms with Crippen molar-refractivity contribution in [3.63, 3.8) is 0 Å². The van der Waals surface area contributed by atoms with Crippen molar-refractivity contribution in [2.75, 3.05) is 0 Å². The summed E-state index contributed by atoms with van der Waals surface area (Å²) in [7, 11) is 0. The fourth-order valence-electron chi connectivity index (χ4n) is 3.37. The van der Waals surface area contributed by atoms with Gasteiger partial charge in [0.15, 0.2) is 5.76 Å². The fourth-order valence-corrected chi connectivity index (χ4v) is 3.37. The molecule has 0 bridgehead atoms. The summed E-state index contributed by atoms with van der Waals surface area (Å²) in [5, 5.41) is 20.1. The summed E-state index contributed by atoms with van der Waals surface area (Å²) in [6.07, 6.45) is 1.70. The second kappa shape index (κ2) is 5.13. The molecule has 1 saturated carbocycles. The Morgan fingerprint density at radius 2 is 1.50 bits per heavy atom. The van der Waals surface area contributed by atoms with E-state index in [1.165, 1.54) is 5.56 Å². The quantitative estimate of drug-likeness (QED) is 0.833. The lowest BCUT2D eigenvalue weighted by Crippen LogP contribution is -2.32. The number of rotatable bonds is 3. The number of ether oxygens (including phenoxy) is 1. The van der Waals surface area contributed by atoms with Crippen LogP contribution in [0.25, 0.3) is 11.1 Å². The first kappa shape index (κ1) is 14.8. The van der Waals surface area contributed by atoms with Gasteiger partial charge in [0.05, 0.1) is 0 Å². The summed E-state index contributed by atoms with van der Waals surface area (Å²) in [5.74, 6) is -1.89. The lowest BCUT2D eigenvalue weighted by molar-refractivity contribution is -0.153. The molecule has 1 aliphatic heterocycles. The van der Waals surface area contributed by atoms with Gasteiger partial charge < -0.3 is 14.9 Å². The number of carbonyl (C=O) groups excluding carboxylic acids is 1. The SMILES string of the molecule is Cc1ccc(-c2ccc(C3(C4CC4)OC(=O)C(O)=C3O)cc2)cc1. The minimum absolute atomic E-state index is 0.0105. The van der Waals surface area contributed by atoms with Gasteiger partial charge in [0.1, 0.15) is 0 Å². The van der Waals surface area contributed by atoms with E-state index in [4.69, 9.17) is 4.74 Å². The van der Waals surface area contributed by atoms with E-state index in [-0.39, 0.29) is 11.7 Å². The van der Waals surface area contributed by atoms with Crippen LogP contribution >= 0.6 is 0 Å². The number of aliphatic hydroxyl groups is 2. The highest BCUT2D eigenvalue weighted by Gasteiger charge is 2.59. The maximum Gasteiger partial charge on any atom is 0.378 e. The van der Waals surface area contributed by atoms with Crippen molar-refractivity contribution in [1.82, 2.24) is 0 Å². The fraction of sp³-hybridized carbons (Fsp3) is 0.250. The first-order chi connectivity index (χ1) is 11.5. The number of hydrogen-bond acceptors (Lipinski definition) is 4. The molecule has 4 heteroatoms. The highest BCUT2D eigenvalue weighted by Crippen LogP contribution is 2.55. The van der Waals surface area contributed by atoms with E-state index in [1.807, 2.05) is 31.2 Å². The second-order valence-corrected chi connectivity index (χ2v) is 6.54. The zero-order valence-electron chi connectivity index (χ0n) is 13.3. The summed E-state index contributed by atoms with van der Waals surface area (Å²) >= 11 is 0. The minimum Gasteiger partial charge on any atom is -0.505 e. The van der Waals surface area contributed by atoms with Crippen molar-refractivity contribution in [2.45, 2.75) is 25.4 Å². The van der Waals surface area contributed by atoms with E-state index >= 15 is 0 Å². The largest absolute Gasteiger partial charge is 0.505 e. The Hall–Kier alpha value is -2.75.